The van der Waals surface area contributed by atoms with Crippen LogP contribution in [0, 0.1) is 17.5 Å². The van der Waals surface area contributed by atoms with Gasteiger partial charge >= 0.3 is 0 Å². The Bertz CT molecular complexity index is 684. The van der Waals surface area contributed by atoms with Crippen LogP contribution in [0.15, 0.2) is 36.4 Å². The number of nitrogens with zero attached hydrogens (tertiary/aromatic N) is 1. The van der Waals surface area contributed by atoms with Gasteiger partial charge in [0.05, 0.1) is 6.54 Å². The molecule has 0 fully saturated rings. The van der Waals surface area contributed by atoms with Crippen LogP contribution in [0.4, 0.5) is 18.9 Å². The summed E-state index contributed by atoms with van der Waals surface area (Å²) in [5.41, 5.74) is 0.297. The van der Waals surface area contributed by atoms with E-state index in [1.807, 2.05) is 0 Å². The zero-order valence-electron chi connectivity index (χ0n) is 12.2. The van der Waals surface area contributed by atoms with E-state index in [0.29, 0.717) is 6.07 Å². The number of halogens is 4. The van der Waals surface area contributed by atoms with Crippen molar-refractivity contribution in [2.24, 2.45) is 0 Å². The molecule has 23 heavy (non-hydrogen) atoms. The zero-order chi connectivity index (χ0) is 17.0. The minimum atomic E-state index is -0.785. The Balaban J connectivity index is 1.97. The molecule has 0 heterocycles. The van der Waals surface area contributed by atoms with E-state index in [0.717, 1.165) is 12.1 Å². The molecule has 7 heteroatoms. The summed E-state index contributed by atoms with van der Waals surface area (Å²) in [6.45, 7) is 0.0270. The molecule has 0 radical (unpaired) electrons. The summed E-state index contributed by atoms with van der Waals surface area (Å²) in [5, 5.41) is 2.65. The first-order valence-corrected chi connectivity index (χ1v) is 7.10. The Kier molecular flexibility index (Phi) is 5.63. The van der Waals surface area contributed by atoms with E-state index >= 15 is 0 Å². The van der Waals surface area contributed by atoms with Gasteiger partial charge in [-0.05, 0) is 31.3 Å². The fourth-order valence-corrected chi connectivity index (χ4v) is 2.30. The van der Waals surface area contributed by atoms with E-state index in [1.54, 1.807) is 13.1 Å². The number of amides is 1. The molecule has 0 atom stereocenters. The number of anilines is 1. The Labute approximate surface area is 136 Å². The second-order valence-corrected chi connectivity index (χ2v) is 5.49. The first-order valence-electron chi connectivity index (χ1n) is 6.72. The second-order valence-electron chi connectivity index (χ2n) is 5.08. The second kappa shape index (κ2) is 7.48. The lowest BCUT2D eigenvalue weighted by Crippen LogP contribution is -2.30. The maximum absolute atomic E-state index is 13.7. The summed E-state index contributed by atoms with van der Waals surface area (Å²) in [6.07, 6.45) is 0. The predicted octanol–water partition coefficient (Wildman–Crippen LogP) is 3.83. The molecule has 0 aromatic heterocycles. The summed E-state index contributed by atoms with van der Waals surface area (Å²) in [5.74, 6) is -2.51. The first-order chi connectivity index (χ1) is 10.8. The van der Waals surface area contributed by atoms with Crippen molar-refractivity contribution in [2.45, 2.75) is 6.54 Å². The summed E-state index contributed by atoms with van der Waals surface area (Å²) < 4.78 is 39.8. The third kappa shape index (κ3) is 4.97. The maximum atomic E-state index is 13.7. The maximum Gasteiger partial charge on any atom is 0.238 e. The highest BCUT2D eigenvalue weighted by atomic mass is 35.5. The van der Waals surface area contributed by atoms with E-state index in [-0.39, 0.29) is 29.4 Å². The van der Waals surface area contributed by atoms with Gasteiger partial charge in [0.25, 0.3) is 0 Å². The SMILES string of the molecule is CN(CC(=O)Nc1cc(F)cc(F)c1)Cc1c(F)cccc1Cl. The molecule has 0 unspecified atom stereocenters. The van der Waals surface area contributed by atoms with Crippen molar-refractivity contribution in [3.8, 4) is 0 Å². The monoisotopic (exact) mass is 342 g/mol. The van der Waals surface area contributed by atoms with Gasteiger partial charge < -0.3 is 5.32 Å². The third-order valence-corrected chi connectivity index (χ3v) is 3.40. The molecule has 122 valence electrons. The molecule has 0 saturated heterocycles. The van der Waals surface area contributed by atoms with Gasteiger partial charge in [-0.3, -0.25) is 9.69 Å². The zero-order valence-corrected chi connectivity index (χ0v) is 13.0. The van der Waals surface area contributed by atoms with E-state index in [1.165, 1.54) is 17.0 Å². The van der Waals surface area contributed by atoms with Crippen LogP contribution in [0.2, 0.25) is 5.02 Å². The number of hydrogen-bond donors (Lipinski definition) is 1. The number of nitrogens with one attached hydrogen (secondary N) is 1. The Morgan fingerprint density at radius 3 is 2.43 bits per heavy atom. The van der Waals surface area contributed by atoms with Crippen LogP contribution in [0.25, 0.3) is 0 Å². The summed E-state index contributed by atoms with van der Waals surface area (Å²) in [6, 6.07) is 7.06. The van der Waals surface area contributed by atoms with Crippen LogP contribution in [-0.4, -0.2) is 24.4 Å². The lowest BCUT2D eigenvalue weighted by Gasteiger charge is -2.17. The molecular formula is C16H14ClF3N2O. The average molecular weight is 343 g/mol. The predicted molar refractivity (Wildman–Crippen MR) is 82.7 cm³/mol. The minimum absolute atomic E-state index is 0.0184. The summed E-state index contributed by atoms with van der Waals surface area (Å²) >= 11 is 5.92. The Morgan fingerprint density at radius 1 is 1.17 bits per heavy atom. The van der Waals surface area contributed by atoms with Crippen LogP contribution in [0.5, 0.6) is 0 Å². The van der Waals surface area contributed by atoms with E-state index in [4.69, 9.17) is 11.6 Å². The normalized spacial score (nSPS) is 10.9. The number of carbonyl (C=O) groups excluding carboxylic acids is 1. The van der Waals surface area contributed by atoms with Gasteiger partial charge in [-0.15, -0.1) is 0 Å². The lowest BCUT2D eigenvalue weighted by molar-refractivity contribution is -0.117. The summed E-state index contributed by atoms with van der Waals surface area (Å²) in [4.78, 5) is 13.4. The third-order valence-electron chi connectivity index (χ3n) is 3.05. The minimum Gasteiger partial charge on any atom is -0.325 e. The van der Waals surface area contributed by atoms with Gasteiger partial charge in [0.15, 0.2) is 0 Å². The van der Waals surface area contributed by atoms with Crippen molar-refractivity contribution < 1.29 is 18.0 Å². The van der Waals surface area contributed by atoms with Crippen molar-refractivity contribution >= 4 is 23.2 Å². The number of hydrogen-bond acceptors (Lipinski definition) is 2. The van der Waals surface area contributed by atoms with Crippen LogP contribution < -0.4 is 5.32 Å². The Hall–Kier alpha value is -2.05. The highest BCUT2D eigenvalue weighted by molar-refractivity contribution is 6.31. The topological polar surface area (TPSA) is 32.3 Å². The molecule has 0 spiro atoms. The molecule has 3 nitrogen and oxygen atoms in total. The van der Waals surface area contributed by atoms with E-state index < -0.39 is 23.4 Å². The van der Waals surface area contributed by atoms with Crippen molar-refractivity contribution in [3.63, 3.8) is 0 Å². The van der Waals surface area contributed by atoms with Crippen LogP contribution in [-0.2, 0) is 11.3 Å². The molecule has 0 aliphatic carbocycles. The van der Waals surface area contributed by atoms with Gasteiger partial charge in [0.1, 0.15) is 17.5 Å². The van der Waals surface area contributed by atoms with Crippen LogP contribution in [0.1, 0.15) is 5.56 Å². The van der Waals surface area contributed by atoms with Crippen molar-refractivity contribution in [2.75, 3.05) is 18.9 Å². The van der Waals surface area contributed by atoms with E-state index in [9.17, 15) is 18.0 Å². The van der Waals surface area contributed by atoms with Gasteiger partial charge in [-0.2, -0.15) is 0 Å². The fourth-order valence-electron chi connectivity index (χ4n) is 2.08. The van der Waals surface area contributed by atoms with Gasteiger partial charge in [0.2, 0.25) is 5.91 Å². The molecule has 0 aliphatic heterocycles. The first kappa shape index (κ1) is 17.3. The molecule has 2 aromatic rings. The van der Waals surface area contributed by atoms with E-state index in [2.05, 4.69) is 5.32 Å². The van der Waals surface area contributed by atoms with Gasteiger partial charge in [-0.1, -0.05) is 17.7 Å². The highest BCUT2D eigenvalue weighted by Crippen LogP contribution is 2.20. The van der Waals surface area contributed by atoms with Gasteiger partial charge in [0, 0.05) is 28.9 Å². The molecule has 0 saturated carbocycles. The van der Waals surface area contributed by atoms with Crippen LogP contribution >= 0.6 is 11.6 Å². The number of carbonyl (C=O) groups is 1. The molecule has 1 N–H and O–H groups in total. The summed E-state index contributed by atoms with van der Waals surface area (Å²) in [7, 11) is 1.61. The van der Waals surface area contributed by atoms with Crippen LogP contribution in [0.3, 0.4) is 0 Å². The molecule has 2 aromatic carbocycles. The Morgan fingerprint density at radius 2 is 1.83 bits per heavy atom. The quantitative estimate of drug-likeness (QED) is 0.895. The standard InChI is InChI=1S/C16H14ClF3N2O/c1-22(8-13-14(17)3-2-4-15(13)20)9-16(23)21-12-6-10(18)5-11(19)7-12/h2-7H,8-9H2,1H3,(H,21,23). The molecule has 1 amide bonds. The van der Waals surface area contributed by atoms with Crippen molar-refractivity contribution in [1.29, 1.82) is 0 Å². The highest BCUT2D eigenvalue weighted by Gasteiger charge is 2.13. The van der Waals surface area contributed by atoms with Crippen molar-refractivity contribution in [3.05, 3.63) is 64.4 Å². The number of benzene rings is 2. The molecule has 0 aliphatic rings. The van der Waals surface area contributed by atoms with Crippen molar-refractivity contribution in [1.82, 2.24) is 4.90 Å². The fraction of sp³-hybridized carbons (Fsp3) is 0.188. The number of likely N-dealkylation sites (N-methyl/N-ethyl adjacent to an activating group) is 1. The smallest absolute Gasteiger partial charge is 0.238 e. The lowest BCUT2D eigenvalue weighted by atomic mass is 10.2. The number of rotatable bonds is 5. The molecule has 2 rings (SSSR count). The van der Waals surface area contributed by atoms with Gasteiger partial charge in [-0.25, -0.2) is 13.2 Å². The average Bonchev–Trinajstić information content (AvgIpc) is 2.41. The molecular weight excluding hydrogens is 329 g/mol. The molecule has 0 bridgehead atoms. The largest absolute Gasteiger partial charge is 0.325 e.